The molecular weight excluding hydrogens is 464 g/mol. The van der Waals surface area contributed by atoms with Crippen LogP contribution in [0.25, 0.3) is 0 Å². The van der Waals surface area contributed by atoms with Gasteiger partial charge in [0, 0.05) is 42.0 Å². The molecule has 3 atom stereocenters. The topological polar surface area (TPSA) is 83.6 Å². The lowest BCUT2D eigenvalue weighted by molar-refractivity contribution is 0.0923. The summed E-state index contributed by atoms with van der Waals surface area (Å²) in [6, 6.07) is 18.2. The molecule has 5 rings (SSSR count). The van der Waals surface area contributed by atoms with Crippen LogP contribution in [0.4, 0.5) is 5.82 Å². The lowest BCUT2D eigenvalue weighted by atomic mass is 9.96. The number of aromatic nitrogens is 1. The van der Waals surface area contributed by atoms with E-state index in [-0.39, 0.29) is 17.9 Å². The number of nitrogens with one attached hydrogen (secondary N) is 2. The lowest BCUT2D eigenvalue weighted by Crippen LogP contribution is -2.50. The second-order valence-electron chi connectivity index (χ2n) is 10.1. The van der Waals surface area contributed by atoms with Crippen molar-refractivity contribution in [2.24, 2.45) is 0 Å². The average Bonchev–Trinajstić information content (AvgIpc) is 3.18. The fraction of sp³-hybridized carbons (Fsp3) is 0.367. The van der Waals surface area contributed by atoms with Gasteiger partial charge in [-0.1, -0.05) is 30.3 Å². The molecule has 0 saturated carbocycles. The molecule has 192 valence electrons. The number of aryl methyl sites for hydroxylation is 1. The maximum absolute atomic E-state index is 13.0. The van der Waals surface area contributed by atoms with E-state index in [2.05, 4.69) is 20.5 Å². The number of pyridine rings is 1. The molecule has 7 heteroatoms. The molecular formula is C30H34N4O3. The Hall–Kier alpha value is -3.87. The zero-order valence-electron chi connectivity index (χ0n) is 21.7. The van der Waals surface area contributed by atoms with Gasteiger partial charge in [-0.2, -0.15) is 0 Å². The highest BCUT2D eigenvalue weighted by atomic mass is 16.5. The molecule has 37 heavy (non-hydrogen) atoms. The summed E-state index contributed by atoms with van der Waals surface area (Å²) in [5.41, 5.74) is 4.33. The molecule has 0 spiro atoms. The van der Waals surface area contributed by atoms with Gasteiger partial charge in [-0.25, -0.2) is 4.98 Å². The van der Waals surface area contributed by atoms with E-state index >= 15 is 0 Å². The van der Waals surface area contributed by atoms with Crippen molar-refractivity contribution in [2.45, 2.75) is 64.2 Å². The van der Waals surface area contributed by atoms with Crippen molar-refractivity contribution in [3.05, 3.63) is 88.6 Å². The predicted octanol–water partition coefficient (Wildman–Crippen LogP) is 4.57. The van der Waals surface area contributed by atoms with Gasteiger partial charge in [0.1, 0.15) is 11.6 Å². The zero-order chi connectivity index (χ0) is 25.9. The SMILES string of the molecule is COc1cccc(C(=O)NC2C[C@H]3CC[C@@H](C2)N3c2ccc(C(=O)NCc3ccccc3C)cn2)c1C. The molecule has 2 aromatic carbocycles. The summed E-state index contributed by atoms with van der Waals surface area (Å²) < 4.78 is 5.38. The van der Waals surface area contributed by atoms with Crippen LogP contribution in [-0.2, 0) is 6.54 Å². The molecule has 0 radical (unpaired) electrons. The minimum Gasteiger partial charge on any atom is -0.496 e. The first-order valence-corrected chi connectivity index (χ1v) is 13.0. The van der Waals surface area contributed by atoms with Crippen LogP contribution in [0.1, 0.15) is 63.1 Å². The first-order valence-electron chi connectivity index (χ1n) is 13.0. The number of methoxy groups -OCH3 is 1. The zero-order valence-corrected chi connectivity index (χ0v) is 21.7. The van der Waals surface area contributed by atoms with E-state index in [0.717, 1.165) is 53.9 Å². The van der Waals surface area contributed by atoms with Gasteiger partial charge in [-0.3, -0.25) is 9.59 Å². The molecule has 1 aromatic heterocycles. The molecule has 2 N–H and O–H groups in total. The first-order chi connectivity index (χ1) is 17.9. The number of ether oxygens (including phenoxy) is 1. The number of fused-ring (bicyclic) bond motifs is 2. The van der Waals surface area contributed by atoms with Crippen molar-refractivity contribution in [1.29, 1.82) is 0 Å². The van der Waals surface area contributed by atoms with E-state index in [4.69, 9.17) is 4.74 Å². The van der Waals surface area contributed by atoms with E-state index in [1.165, 1.54) is 0 Å². The van der Waals surface area contributed by atoms with Crippen LogP contribution in [-0.4, -0.2) is 42.0 Å². The van der Waals surface area contributed by atoms with Gasteiger partial charge in [-0.05, 0) is 74.9 Å². The molecule has 3 aromatic rings. The second-order valence-corrected chi connectivity index (χ2v) is 10.1. The van der Waals surface area contributed by atoms with E-state index < -0.39 is 0 Å². The van der Waals surface area contributed by atoms with Crippen LogP contribution in [0.2, 0.25) is 0 Å². The molecule has 2 amide bonds. The van der Waals surface area contributed by atoms with Crippen LogP contribution in [0, 0.1) is 13.8 Å². The van der Waals surface area contributed by atoms with Crippen LogP contribution >= 0.6 is 0 Å². The van der Waals surface area contributed by atoms with E-state index in [1.807, 2.05) is 68.4 Å². The minimum absolute atomic E-state index is 0.0477. The van der Waals surface area contributed by atoms with E-state index in [1.54, 1.807) is 13.3 Å². The number of benzene rings is 2. The van der Waals surface area contributed by atoms with E-state index in [9.17, 15) is 9.59 Å². The number of nitrogens with zero attached hydrogens (tertiary/aromatic N) is 2. The predicted molar refractivity (Wildman–Crippen MR) is 144 cm³/mol. The van der Waals surface area contributed by atoms with Gasteiger partial charge in [-0.15, -0.1) is 0 Å². The standard InChI is InChI=1S/C30H34N4O3/c1-19-7-4-5-8-21(19)17-32-29(35)22-11-14-28(31-18-22)34-24-12-13-25(34)16-23(15-24)33-30(36)26-9-6-10-27(37-3)20(26)2/h4-11,14,18,23-25H,12-13,15-17H2,1-3H3,(H,32,35)(H,33,36)/t23?,24-,25+. The molecule has 2 aliphatic heterocycles. The summed E-state index contributed by atoms with van der Waals surface area (Å²) in [6.07, 6.45) is 5.59. The number of carbonyl (C=O) groups excluding carboxylic acids is 2. The largest absolute Gasteiger partial charge is 0.496 e. The smallest absolute Gasteiger partial charge is 0.253 e. The van der Waals surface area contributed by atoms with Crippen molar-refractivity contribution >= 4 is 17.6 Å². The third-order valence-corrected chi connectivity index (χ3v) is 7.79. The summed E-state index contributed by atoms with van der Waals surface area (Å²) in [5, 5.41) is 6.25. The van der Waals surface area contributed by atoms with Gasteiger partial charge in [0.15, 0.2) is 0 Å². The van der Waals surface area contributed by atoms with Crippen LogP contribution in [0.3, 0.4) is 0 Å². The number of rotatable bonds is 7. The monoisotopic (exact) mass is 498 g/mol. The third kappa shape index (κ3) is 5.17. The van der Waals surface area contributed by atoms with Crippen molar-refractivity contribution in [3.8, 4) is 5.75 Å². The number of piperidine rings is 1. The van der Waals surface area contributed by atoms with Crippen molar-refractivity contribution in [3.63, 3.8) is 0 Å². The fourth-order valence-corrected chi connectivity index (χ4v) is 5.77. The van der Waals surface area contributed by atoms with Crippen LogP contribution in [0.5, 0.6) is 5.75 Å². The Balaban J connectivity index is 1.20. The summed E-state index contributed by atoms with van der Waals surface area (Å²) in [7, 11) is 1.62. The summed E-state index contributed by atoms with van der Waals surface area (Å²) in [4.78, 5) is 32.7. The Labute approximate surface area is 218 Å². The van der Waals surface area contributed by atoms with Gasteiger partial charge in [0.05, 0.1) is 12.7 Å². The van der Waals surface area contributed by atoms with Crippen molar-refractivity contribution in [2.75, 3.05) is 12.0 Å². The molecule has 0 aliphatic carbocycles. The van der Waals surface area contributed by atoms with E-state index in [0.29, 0.717) is 29.8 Å². The number of carbonyl (C=O) groups is 2. The Morgan fingerprint density at radius 3 is 2.41 bits per heavy atom. The average molecular weight is 499 g/mol. The van der Waals surface area contributed by atoms with Gasteiger partial charge in [0.25, 0.3) is 11.8 Å². The summed E-state index contributed by atoms with van der Waals surface area (Å²) >= 11 is 0. The molecule has 2 bridgehead atoms. The number of anilines is 1. The highest BCUT2D eigenvalue weighted by molar-refractivity contribution is 5.96. The number of hydrogen-bond donors (Lipinski definition) is 2. The van der Waals surface area contributed by atoms with Crippen LogP contribution in [0.15, 0.2) is 60.8 Å². The van der Waals surface area contributed by atoms with Crippen molar-refractivity contribution in [1.82, 2.24) is 15.6 Å². The number of amides is 2. The Morgan fingerprint density at radius 2 is 1.73 bits per heavy atom. The normalized spacial score (nSPS) is 20.4. The van der Waals surface area contributed by atoms with Gasteiger partial charge < -0.3 is 20.3 Å². The summed E-state index contributed by atoms with van der Waals surface area (Å²) in [6.45, 7) is 4.45. The molecule has 1 unspecified atom stereocenters. The molecule has 2 saturated heterocycles. The highest BCUT2D eigenvalue weighted by Crippen LogP contribution is 2.38. The number of hydrogen-bond acceptors (Lipinski definition) is 5. The lowest BCUT2D eigenvalue weighted by Gasteiger charge is -2.40. The quantitative estimate of drug-likeness (QED) is 0.499. The third-order valence-electron chi connectivity index (χ3n) is 7.79. The fourth-order valence-electron chi connectivity index (χ4n) is 5.77. The maximum Gasteiger partial charge on any atom is 0.253 e. The maximum atomic E-state index is 13.0. The van der Waals surface area contributed by atoms with Crippen LogP contribution < -0.4 is 20.3 Å². The summed E-state index contributed by atoms with van der Waals surface area (Å²) in [5.74, 6) is 1.45. The Kier molecular flexibility index (Phi) is 7.12. The van der Waals surface area contributed by atoms with Gasteiger partial charge >= 0.3 is 0 Å². The molecule has 2 fully saturated rings. The minimum atomic E-state index is -0.125. The Bertz CT molecular complexity index is 1280. The molecule has 2 aliphatic rings. The highest BCUT2D eigenvalue weighted by Gasteiger charge is 2.42. The second kappa shape index (κ2) is 10.6. The Morgan fingerprint density at radius 1 is 0.973 bits per heavy atom. The van der Waals surface area contributed by atoms with Crippen molar-refractivity contribution < 1.29 is 14.3 Å². The molecule has 7 nitrogen and oxygen atoms in total. The van der Waals surface area contributed by atoms with Gasteiger partial charge in [0.2, 0.25) is 0 Å². The first kappa shape index (κ1) is 24.8. The molecule has 3 heterocycles.